The number of hydrogen-bond donors (Lipinski definition) is 2. The number of thioether (sulfide) groups is 1. The normalized spacial score (nSPS) is 10.4. The predicted molar refractivity (Wildman–Crippen MR) is 118 cm³/mol. The zero-order valence-electron chi connectivity index (χ0n) is 15.9. The van der Waals surface area contributed by atoms with E-state index in [-0.39, 0.29) is 16.4 Å². The third kappa shape index (κ3) is 5.39. The van der Waals surface area contributed by atoms with E-state index in [1.807, 2.05) is 37.3 Å². The molecule has 11 heteroatoms. The summed E-state index contributed by atoms with van der Waals surface area (Å²) in [5.41, 5.74) is 4.01. The summed E-state index contributed by atoms with van der Waals surface area (Å²) in [5, 5.41) is 22.4. The second-order valence-corrected chi connectivity index (χ2v) is 7.42. The van der Waals surface area contributed by atoms with Crippen molar-refractivity contribution in [1.82, 2.24) is 20.2 Å². The molecule has 0 unspecified atom stereocenters. The van der Waals surface area contributed by atoms with E-state index in [9.17, 15) is 14.9 Å². The second kappa shape index (κ2) is 9.94. The predicted octanol–water partition coefficient (Wildman–Crippen LogP) is 3.30. The maximum Gasteiger partial charge on any atom is 0.270 e. The number of nitro groups is 1. The number of nitrogens with one attached hydrogen (secondary N) is 2. The summed E-state index contributed by atoms with van der Waals surface area (Å²) in [6.45, 7) is 1.93. The number of aromatic nitrogens is 3. The molecule has 0 saturated carbocycles. The third-order valence-electron chi connectivity index (χ3n) is 3.99. The van der Waals surface area contributed by atoms with Gasteiger partial charge in [0.1, 0.15) is 0 Å². The Hall–Kier alpha value is -3.31. The zero-order chi connectivity index (χ0) is 21.5. The van der Waals surface area contributed by atoms with Gasteiger partial charge in [0.25, 0.3) is 11.6 Å². The first kappa shape index (κ1) is 21.4. The van der Waals surface area contributed by atoms with Crippen molar-refractivity contribution in [3.05, 3.63) is 81.7 Å². The molecule has 1 amide bonds. The number of amides is 1. The fourth-order valence-electron chi connectivity index (χ4n) is 2.52. The molecule has 2 aromatic carbocycles. The Balaban J connectivity index is 1.68. The van der Waals surface area contributed by atoms with Crippen molar-refractivity contribution >= 4 is 40.7 Å². The van der Waals surface area contributed by atoms with Crippen molar-refractivity contribution < 1.29 is 9.72 Å². The quantitative estimate of drug-likeness (QED) is 0.248. The number of carbonyl (C=O) groups is 1. The van der Waals surface area contributed by atoms with Gasteiger partial charge in [-0.1, -0.05) is 55.1 Å². The fourth-order valence-corrected chi connectivity index (χ4v) is 3.57. The standard InChI is InChI=1S/C19H18N6O3S2/c1-2-16-21-22-19(30-12-13-7-4-3-5-8-13)24(16)23-18(29)20-17(26)14-9-6-10-15(11-14)25(27)28/h3-11H,2,12H2,1H3,(H2,20,23,26,29). The lowest BCUT2D eigenvalue weighted by molar-refractivity contribution is -0.384. The number of rotatable bonds is 7. The van der Waals surface area contributed by atoms with Crippen LogP contribution in [0.1, 0.15) is 28.7 Å². The molecule has 2 N–H and O–H groups in total. The lowest BCUT2D eigenvalue weighted by atomic mass is 10.2. The van der Waals surface area contributed by atoms with E-state index in [0.29, 0.717) is 23.2 Å². The molecular formula is C19H18N6O3S2. The van der Waals surface area contributed by atoms with Gasteiger partial charge in [-0.15, -0.1) is 10.2 Å². The van der Waals surface area contributed by atoms with Crippen LogP contribution in [0, 0.1) is 10.1 Å². The summed E-state index contributed by atoms with van der Waals surface area (Å²) in [7, 11) is 0. The molecule has 0 aliphatic heterocycles. The molecule has 0 spiro atoms. The average Bonchev–Trinajstić information content (AvgIpc) is 3.14. The molecule has 0 saturated heterocycles. The molecule has 3 aromatic rings. The van der Waals surface area contributed by atoms with Crippen LogP contribution in [0.25, 0.3) is 0 Å². The molecule has 0 fully saturated rings. The number of nitro benzene ring substituents is 1. The van der Waals surface area contributed by atoms with Crippen molar-refractivity contribution in [2.45, 2.75) is 24.3 Å². The van der Waals surface area contributed by atoms with E-state index in [2.05, 4.69) is 20.9 Å². The van der Waals surface area contributed by atoms with Gasteiger partial charge in [-0.3, -0.25) is 25.7 Å². The van der Waals surface area contributed by atoms with Crippen LogP contribution in [0.2, 0.25) is 0 Å². The highest BCUT2D eigenvalue weighted by Crippen LogP contribution is 2.21. The van der Waals surface area contributed by atoms with Gasteiger partial charge >= 0.3 is 0 Å². The zero-order valence-corrected chi connectivity index (χ0v) is 17.6. The fraction of sp³-hybridized carbons (Fsp3) is 0.158. The van der Waals surface area contributed by atoms with Crippen molar-refractivity contribution in [3.8, 4) is 0 Å². The molecule has 0 bridgehead atoms. The van der Waals surface area contributed by atoms with Crippen LogP contribution in [-0.4, -0.2) is 30.8 Å². The Morgan fingerprint density at radius 1 is 1.20 bits per heavy atom. The maximum atomic E-state index is 12.4. The summed E-state index contributed by atoms with van der Waals surface area (Å²) in [6.07, 6.45) is 0.605. The Labute approximate surface area is 182 Å². The first-order valence-corrected chi connectivity index (χ1v) is 10.3. The van der Waals surface area contributed by atoms with Crippen LogP contribution in [0.15, 0.2) is 59.8 Å². The molecule has 1 aromatic heterocycles. The number of hydrogen-bond acceptors (Lipinski definition) is 7. The highest BCUT2D eigenvalue weighted by Gasteiger charge is 2.16. The Bertz CT molecular complexity index is 1070. The van der Waals surface area contributed by atoms with Crippen LogP contribution in [-0.2, 0) is 12.2 Å². The van der Waals surface area contributed by atoms with Gasteiger partial charge in [-0.25, -0.2) is 4.68 Å². The highest BCUT2D eigenvalue weighted by molar-refractivity contribution is 7.98. The first-order valence-electron chi connectivity index (χ1n) is 8.95. The van der Waals surface area contributed by atoms with Gasteiger partial charge in [-0.05, 0) is 23.8 Å². The van der Waals surface area contributed by atoms with Crippen LogP contribution >= 0.6 is 24.0 Å². The number of nitrogens with zero attached hydrogens (tertiary/aromatic N) is 4. The Morgan fingerprint density at radius 3 is 2.67 bits per heavy atom. The molecule has 1 heterocycles. The number of non-ortho nitro benzene ring substituents is 1. The topological polar surface area (TPSA) is 115 Å². The van der Waals surface area contributed by atoms with Gasteiger partial charge in [0.05, 0.1) is 4.92 Å². The molecular weight excluding hydrogens is 424 g/mol. The van der Waals surface area contributed by atoms with Gasteiger partial charge in [0.2, 0.25) is 5.16 Å². The molecule has 3 rings (SSSR count). The van der Waals surface area contributed by atoms with E-state index < -0.39 is 10.8 Å². The average molecular weight is 443 g/mol. The molecule has 154 valence electrons. The monoisotopic (exact) mass is 442 g/mol. The van der Waals surface area contributed by atoms with E-state index >= 15 is 0 Å². The molecule has 9 nitrogen and oxygen atoms in total. The van der Waals surface area contributed by atoms with Crippen LogP contribution in [0.4, 0.5) is 5.69 Å². The highest BCUT2D eigenvalue weighted by atomic mass is 32.2. The van der Waals surface area contributed by atoms with Gasteiger partial charge in [0.15, 0.2) is 10.9 Å². The SMILES string of the molecule is CCc1nnc(SCc2ccccc2)n1NC(=S)NC(=O)c1cccc([N+](=O)[O-])c1. The minimum absolute atomic E-state index is 0.0302. The summed E-state index contributed by atoms with van der Waals surface area (Å²) >= 11 is 6.72. The maximum absolute atomic E-state index is 12.4. The third-order valence-corrected chi connectivity index (χ3v) is 5.18. The molecule has 0 atom stereocenters. The number of aryl methyl sites for hydroxylation is 1. The van der Waals surface area contributed by atoms with E-state index in [1.54, 1.807) is 4.68 Å². The Morgan fingerprint density at radius 2 is 1.97 bits per heavy atom. The lowest BCUT2D eigenvalue weighted by Crippen LogP contribution is -2.38. The Kier molecular flexibility index (Phi) is 7.09. The van der Waals surface area contributed by atoms with Crippen molar-refractivity contribution in [3.63, 3.8) is 0 Å². The van der Waals surface area contributed by atoms with Crippen molar-refractivity contribution in [2.24, 2.45) is 0 Å². The number of thiocarbonyl (C=S) groups is 1. The summed E-state index contributed by atoms with van der Waals surface area (Å²) in [5.74, 6) is 0.787. The smallest absolute Gasteiger partial charge is 0.270 e. The van der Waals surface area contributed by atoms with E-state index in [1.165, 1.54) is 36.0 Å². The first-order chi connectivity index (χ1) is 14.5. The minimum atomic E-state index is -0.561. The molecule has 30 heavy (non-hydrogen) atoms. The number of benzene rings is 2. The van der Waals surface area contributed by atoms with E-state index in [4.69, 9.17) is 12.2 Å². The second-order valence-electron chi connectivity index (χ2n) is 6.06. The molecule has 0 radical (unpaired) electrons. The van der Waals surface area contributed by atoms with Crippen LogP contribution < -0.4 is 10.7 Å². The van der Waals surface area contributed by atoms with Gasteiger partial charge in [0, 0.05) is 29.9 Å². The minimum Gasteiger partial charge on any atom is -0.298 e. The molecule has 0 aliphatic carbocycles. The van der Waals surface area contributed by atoms with Crippen molar-refractivity contribution in [1.29, 1.82) is 0 Å². The van der Waals surface area contributed by atoms with Crippen molar-refractivity contribution in [2.75, 3.05) is 5.43 Å². The van der Waals surface area contributed by atoms with Crippen LogP contribution in [0.3, 0.4) is 0 Å². The van der Waals surface area contributed by atoms with Gasteiger partial charge in [-0.2, -0.15) is 0 Å². The largest absolute Gasteiger partial charge is 0.298 e. The van der Waals surface area contributed by atoms with Crippen LogP contribution in [0.5, 0.6) is 0 Å². The molecule has 0 aliphatic rings. The summed E-state index contributed by atoms with van der Waals surface area (Å²) in [4.78, 5) is 22.7. The lowest BCUT2D eigenvalue weighted by Gasteiger charge is -2.13. The van der Waals surface area contributed by atoms with E-state index in [0.717, 1.165) is 5.56 Å². The summed E-state index contributed by atoms with van der Waals surface area (Å²) in [6, 6.07) is 15.3. The van der Waals surface area contributed by atoms with Gasteiger partial charge < -0.3 is 0 Å². The summed E-state index contributed by atoms with van der Waals surface area (Å²) < 4.78 is 1.63. The number of carbonyl (C=O) groups excluding carboxylic acids is 1.